The molecule has 0 aliphatic rings. The number of allylic oxidation sites excluding steroid dienone is 4. The zero-order valence-corrected chi connectivity index (χ0v) is 34.4. The van der Waals surface area contributed by atoms with E-state index in [4.69, 9.17) is 0 Å². The minimum atomic E-state index is -4.41. The van der Waals surface area contributed by atoms with Crippen LogP contribution in [0.4, 0.5) is 0 Å². The van der Waals surface area contributed by atoms with Gasteiger partial charge in [-0.2, -0.15) is 0 Å². The summed E-state index contributed by atoms with van der Waals surface area (Å²) in [5.74, 6) is -0.240. The smallest absolute Gasteiger partial charge is 0.217 e. The van der Waals surface area contributed by atoms with Crippen LogP contribution < -0.4 is 4.90 Å². The van der Waals surface area contributed by atoms with Crippen molar-refractivity contribution in [2.45, 2.75) is 194 Å². The molecule has 2 N–H and O–H groups in total. The van der Waals surface area contributed by atoms with Gasteiger partial charge in [-0.3, -0.25) is 13.8 Å². The fraction of sp³-hybridized carbons (Fsp3) is 0.857. The lowest BCUT2D eigenvalue weighted by Gasteiger charge is -2.19. The van der Waals surface area contributed by atoms with Crippen molar-refractivity contribution in [3.63, 3.8) is 0 Å². The van der Waals surface area contributed by atoms with Crippen LogP contribution in [0.3, 0.4) is 0 Å². The molecule has 8 nitrogen and oxygen atoms in total. The highest BCUT2D eigenvalue weighted by Crippen LogP contribution is 2.15. The molecule has 0 aliphatic heterocycles. The van der Waals surface area contributed by atoms with Crippen LogP contribution in [0.1, 0.15) is 194 Å². The first-order valence-electron chi connectivity index (χ1n) is 20.9. The summed E-state index contributed by atoms with van der Waals surface area (Å²) in [6.07, 6.45) is 42.8. The Labute approximate surface area is 315 Å². The molecule has 0 saturated carbocycles. The van der Waals surface area contributed by atoms with Crippen molar-refractivity contribution >= 4 is 22.0 Å². The minimum absolute atomic E-state index is 0.0867. The lowest BCUT2D eigenvalue weighted by atomic mass is 9.91. The Morgan fingerprint density at radius 2 is 0.902 bits per heavy atom. The third kappa shape index (κ3) is 41.2. The van der Waals surface area contributed by atoms with E-state index in [2.05, 4.69) is 42.3 Å². The van der Waals surface area contributed by atoms with Crippen molar-refractivity contribution < 1.29 is 36.7 Å². The highest BCUT2D eigenvalue weighted by Gasteiger charge is 2.28. The maximum Gasteiger partial charge on any atom is 0.217 e. The van der Waals surface area contributed by atoms with Crippen LogP contribution in [0.25, 0.3) is 0 Å². The number of hydrogen-bond donors (Lipinski definition) is 2. The highest BCUT2D eigenvalue weighted by atomic mass is 32.3. The Morgan fingerprint density at radius 1 is 0.608 bits per heavy atom. The predicted octanol–water partition coefficient (Wildman–Crippen LogP) is 9.42. The van der Waals surface area contributed by atoms with E-state index in [0.717, 1.165) is 37.7 Å². The standard InChI is InChI=1S/C41H77NO3.CH4O4S/c1-4-6-8-10-12-14-16-18-20-22-24-26-28-30-32-34-40(44)39(38-42(3)36-37-43)41(45)35-33-31-29-27-25-23-21-19-17-15-13-11-9-7-5-2;1-5-6(2,3)4/h18-21,39,43H,4-17,22-38H2,1-3H3;1H3,(H,2,3,4)/b20-18-,21-19-;. The van der Waals surface area contributed by atoms with Crippen LogP contribution in [-0.4, -0.2) is 63.5 Å². The van der Waals surface area contributed by atoms with E-state index >= 15 is 0 Å². The van der Waals surface area contributed by atoms with Gasteiger partial charge in [0.05, 0.1) is 27.3 Å². The number of carbonyl (C=O) groups excluding carboxylic acids is 2. The number of nitrogens with one attached hydrogen (secondary N) is 1. The summed E-state index contributed by atoms with van der Waals surface area (Å²) in [4.78, 5) is 27.3. The van der Waals surface area contributed by atoms with Crippen molar-refractivity contribution in [3.8, 4) is 0 Å². The molecule has 0 heterocycles. The van der Waals surface area contributed by atoms with Crippen LogP contribution in [-0.2, 0) is 24.2 Å². The molecule has 302 valence electrons. The summed E-state index contributed by atoms with van der Waals surface area (Å²) in [5, 5.41) is 9.33. The molecule has 0 saturated heterocycles. The fourth-order valence-corrected chi connectivity index (χ4v) is 6.14. The van der Waals surface area contributed by atoms with Gasteiger partial charge in [0.25, 0.3) is 0 Å². The second-order valence-electron chi connectivity index (χ2n) is 14.4. The first-order valence-corrected chi connectivity index (χ1v) is 22.2. The SMILES string of the molecule is CCCCCCCC/C=C\CCCCCCCC(=O)C(C[NH+](C)CCO)C(=O)CCCCCCC/C=C\CCCCCCCC.COS(=O)(=O)[O-]. The van der Waals surface area contributed by atoms with Gasteiger partial charge in [0, 0.05) is 12.8 Å². The van der Waals surface area contributed by atoms with Crippen molar-refractivity contribution in [1.82, 2.24) is 0 Å². The van der Waals surface area contributed by atoms with Crippen LogP contribution in [0.15, 0.2) is 24.3 Å². The maximum atomic E-state index is 13.1. The number of likely N-dealkylation sites (N-methyl/N-ethyl adjacent to an activating group) is 1. The van der Waals surface area contributed by atoms with Gasteiger partial charge >= 0.3 is 0 Å². The fourth-order valence-electron chi connectivity index (χ4n) is 6.14. The van der Waals surface area contributed by atoms with Gasteiger partial charge in [-0.05, 0) is 64.2 Å². The maximum absolute atomic E-state index is 13.1. The van der Waals surface area contributed by atoms with Crippen molar-refractivity contribution in [2.75, 3.05) is 33.9 Å². The lowest BCUT2D eigenvalue weighted by Crippen LogP contribution is -3.10. The van der Waals surface area contributed by atoms with Gasteiger partial charge in [0.2, 0.25) is 10.4 Å². The van der Waals surface area contributed by atoms with Crippen LogP contribution in [0.2, 0.25) is 0 Å². The number of carbonyl (C=O) groups is 2. The average molecular weight is 744 g/mol. The molecule has 51 heavy (non-hydrogen) atoms. The third-order valence-corrected chi connectivity index (χ3v) is 9.85. The molecular weight excluding hydrogens is 663 g/mol. The third-order valence-electron chi connectivity index (χ3n) is 9.44. The summed E-state index contributed by atoms with van der Waals surface area (Å²) in [6.45, 7) is 5.73. The Bertz CT molecular complexity index is 883. The minimum Gasteiger partial charge on any atom is -0.726 e. The number of quaternary nitrogens is 1. The second kappa shape index (κ2) is 39.8. The van der Waals surface area contributed by atoms with E-state index in [1.807, 2.05) is 7.05 Å². The Morgan fingerprint density at radius 3 is 1.20 bits per heavy atom. The van der Waals surface area contributed by atoms with Gasteiger partial charge in [-0.15, -0.1) is 0 Å². The molecule has 1 unspecified atom stereocenters. The molecule has 0 bridgehead atoms. The lowest BCUT2D eigenvalue weighted by molar-refractivity contribution is -0.881. The molecule has 0 aromatic rings. The van der Waals surface area contributed by atoms with Crippen molar-refractivity contribution in [2.24, 2.45) is 5.92 Å². The second-order valence-corrected chi connectivity index (χ2v) is 15.5. The number of ketones is 2. The number of rotatable bonds is 37. The van der Waals surface area contributed by atoms with Gasteiger partial charge < -0.3 is 14.6 Å². The molecule has 0 aromatic heterocycles. The Kier molecular flexibility index (Phi) is 40.4. The molecule has 9 heteroatoms. The molecule has 0 rings (SSSR count). The van der Waals surface area contributed by atoms with Gasteiger partial charge in [-0.25, -0.2) is 8.42 Å². The molecule has 0 spiro atoms. The number of aliphatic hydroxyl groups excluding tert-OH is 1. The highest BCUT2D eigenvalue weighted by molar-refractivity contribution is 7.80. The largest absolute Gasteiger partial charge is 0.726 e. The summed E-state index contributed by atoms with van der Waals surface area (Å²) >= 11 is 0. The number of unbranched alkanes of at least 4 members (excludes halogenated alkanes) is 22. The Hall–Kier alpha value is -1.39. The molecule has 0 radical (unpaired) electrons. The van der Waals surface area contributed by atoms with E-state index < -0.39 is 16.3 Å². The van der Waals surface area contributed by atoms with E-state index in [1.54, 1.807) is 0 Å². The van der Waals surface area contributed by atoms with Crippen LogP contribution in [0.5, 0.6) is 0 Å². The van der Waals surface area contributed by atoms with E-state index in [0.29, 0.717) is 25.9 Å². The Balaban J connectivity index is 0. The molecule has 0 amide bonds. The van der Waals surface area contributed by atoms with Gasteiger partial charge in [0.15, 0.2) is 0 Å². The van der Waals surface area contributed by atoms with E-state index in [9.17, 15) is 27.7 Å². The number of aliphatic hydroxyl groups is 1. The molecule has 0 aromatic carbocycles. The summed E-state index contributed by atoms with van der Waals surface area (Å²) < 4.78 is 31.0. The van der Waals surface area contributed by atoms with Crippen LogP contribution >= 0.6 is 0 Å². The van der Waals surface area contributed by atoms with E-state index in [-0.39, 0.29) is 18.2 Å². The van der Waals surface area contributed by atoms with Gasteiger partial charge in [-0.1, -0.05) is 141 Å². The van der Waals surface area contributed by atoms with Crippen LogP contribution in [0, 0.1) is 5.92 Å². The average Bonchev–Trinajstić information content (AvgIpc) is 3.10. The summed E-state index contributed by atoms with van der Waals surface area (Å²) in [6, 6.07) is 0. The monoisotopic (exact) mass is 744 g/mol. The zero-order chi connectivity index (χ0) is 38.3. The summed E-state index contributed by atoms with van der Waals surface area (Å²) in [7, 11) is -1.62. The number of hydrogen-bond acceptors (Lipinski definition) is 7. The first-order chi connectivity index (χ1) is 24.6. The zero-order valence-electron chi connectivity index (χ0n) is 33.6. The van der Waals surface area contributed by atoms with Gasteiger partial charge in [0.1, 0.15) is 24.0 Å². The van der Waals surface area contributed by atoms with Crippen molar-refractivity contribution in [3.05, 3.63) is 24.3 Å². The van der Waals surface area contributed by atoms with Crippen molar-refractivity contribution in [1.29, 1.82) is 0 Å². The molecular formula is C42H81NO7S. The molecule has 0 fully saturated rings. The quantitative estimate of drug-likeness (QED) is 0.0214. The predicted molar refractivity (Wildman–Crippen MR) is 213 cm³/mol. The topological polar surface area (TPSA) is 125 Å². The number of Topliss-reactive ketones (excluding diaryl/α,β-unsaturated/α-hetero) is 2. The van der Waals surface area contributed by atoms with E-state index in [1.165, 1.54) is 141 Å². The molecule has 1 atom stereocenters. The normalized spacial score (nSPS) is 12.5. The summed E-state index contributed by atoms with van der Waals surface area (Å²) in [5.41, 5.74) is 0. The molecule has 0 aliphatic carbocycles. The first kappa shape index (κ1) is 51.7.